The van der Waals surface area contributed by atoms with E-state index in [2.05, 4.69) is 26.0 Å². The van der Waals surface area contributed by atoms with Gasteiger partial charge >= 0.3 is 11.9 Å². The quantitative estimate of drug-likeness (QED) is 0.0174. The molecule has 11 atom stereocenters. The lowest BCUT2D eigenvalue weighted by Gasteiger charge is -2.42. The maximum absolute atomic E-state index is 13.0. The average molecular weight is 975 g/mol. The van der Waals surface area contributed by atoms with Gasteiger partial charge in [-0.05, 0) is 38.5 Å². The Bertz CT molecular complexity index is 1240. The number of carbonyl (C=O) groups excluding carboxylic acids is 2. The molecule has 0 radical (unpaired) electrons. The maximum Gasteiger partial charge on any atom is 0.306 e. The molecule has 0 aliphatic carbocycles. The Morgan fingerprint density at radius 1 is 0.456 bits per heavy atom. The van der Waals surface area contributed by atoms with Gasteiger partial charge in [0.2, 0.25) is 0 Å². The van der Waals surface area contributed by atoms with Crippen LogP contribution in [-0.4, -0.2) is 142 Å². The molecular weight excluding hydrogens is 877 g/mol. The highest BCUT2D eigenvalue weighted by molar-refractivity contribution is 5.70. The van der Waals surface area contributed by atoms with Crippen molar-refractivity contribution in [3.63, 3.8) is 0 Å². The number of esters is 2. The Labute approximate surface area is 410 Å². The van der Waals surface area contributed by atoms with Crippen molar-refractivity contribution in [3.05, 3.63) is 12.2 Å². The van der Waals surface area contributed by atoms with Gasteiger partial charge in [0.05, 0.1) is 19.8 Å². The molecule has 2 aliphatic rings. The molecule has 0 saturated carbocycles. The van der Waals surface area contributed by atoms with Gasteiger partial charge in [-0.15, -0.1) is 0 Å². The van der Waals surface area contributed by atoms with Crippen LogP contribution >= 0.6 is 0 Å². The summed E-state index contributed by atoms with van der Waals surface area (Å²) in [5.41, 5.74) is 0. The van der Waals surface area contributed by atoms with Gasteiger partial charge in [0, 0.05) is 12.8 Å². The fourth-order valence-corrected chi connectivity index (χ4v) is 8.74. The second-order valence-electron chi connectivity index (χ2n) is 19.4. The van der Waals surface area contributed by atoms with E-state index < -0.39 is 92.7 Å². The molecular formula is C53H98O15. The topological polar surface area (TPSA) is 231 Å². The first-order chi connectivity index (χ1) is 33.0. The number of hydrogen-bond donors (Lipinski definition) is 7. The van der Waals surface area contributed by atoms with Crippen molar-refractivity contribution in [2.24, 2.45) is 0 Å². The molecule has 0 bridgehead atoms. The Morgan fingerprint density at radius 3 is 1.29 bits per heavy atom. The molecule has 2 aliphatic heterocycles. The van der Waals surface area contributed by atoms with Crippen LogP contribution in [0.5, 0.6) is 0 Å². The van der Waals surface area contributed by atoms with Gasteiger partial charge in [-0.1, -0.05) is 180 Å². The average Bonchev–Trinajstić information content (AvgIpc) is 3.33. The summed E-state index contributed by atoms with van der Waals surface area (Å²) in [4.78, 5) is 25.8. The van der Waals surface area contributed by atoms with Crippen LogP contribution in [-0.2, 0) is 38.0 Å². The summed E-state index contributed by atoms with van der Waals surface area (Å²) in [6, 6.07) is 0. The predicted molar refractivity (Wildman–Crippen MR) is 261 cm³/mol. The van der Waals surface area contributed by atoms with E-state index in [0.717, 1.165) is 57.8 Å². The number of unbranched alkanes of at least 4 members (excludes halogenated alkanes) is 27. The van der Waals surface area contributed by atoms with E-state index in [1.807, 2.05) is 0 Å². The van der Waals surface area contributed by atoms with Crippen LogP contribution in [0.15, 0.2) is 12.2 Å². The van der Waals surface area contributed by atoms with Crippen LogP contribution in [0.2, 0.25) is 0 Å². The Hall–Kier alpha value is -1.76. The van der Waals surface area contributed by atoms with Crippen LogP contribution < -0.4 is 0 Å². The first-order valence-electron chi connectivity index (χ1n) is 27.3. The fourth-order valence-electron chi connectivity index (χ4n) is 8.74. The van der Waals surface area contributed by atoms with Gasteiger partial charge in [-0.2, -0.15) is 0 Å². The molecule has 2 fully saturated rings. The van der Waals surface area contributed by atoms with E-state index >= 15 is 0 Å². The standard InChI is InChI=1S/C53H98O15/c1-3-5-7-9-11-13-15-17-19-21-23-25-27-29-31-33-35-44(55)63-38-41(66-45(56)36-34-32-30-28-26-24-22-20-18-16-14-12-10-8-6-4-2)39-64-52-51(62)49(60)47(58)43(68-52)40-65-53-50(61)48(59)46(57)42(37-54)67-53/h20,22,41-43,46-54,57-62H,3-19,21,23-40H2,1-2H3/b22-20-. The molecule has 0 aromatic carbocycles. The number of hydrogen-bond acceptors (Lipinski definition) is 15. The van der Waals surface area contributed by atoms with Crippen LogP contribution in [0.3, 0.4) is 0 Å². The van der Waals surface area contributed by atoms with Crippen LogP contribution in [0.1, 0.15) is 219 Å². The summed E-state index contributed by atoms with van der Waals surface area (Å²) in [5.74, 6) is -0.922. The van der Waals surface area contributed by atoms with Gasteiger partial charge in [-0.25, -0.2) is 0 Å². The molecule has 2 rings (SSSR count). The minimum atomic E-state index is -1.76. The smallest absolute Gasteiger partial charge is 0.306 e. The number of ether oxygens (including phenoxy) is 6. The number of rotatable bonds is 43. The highest BCUT2D eigenvalue weighted by atomic mass is 16.7. The lowest BCUT2D eigenvalue weighted by Crippen LogP contribution is -2.61. The molecule has 0 aromatic heterocycles. The monoisotopic (exact) mass is 975 g/mol. The first-order valence-corrected chi connectivity index (χ1v) is 27.3. The van der Waals surface area contributed by atoms with Crippen molar-refractivity contribution in [2.45, 2.75) is 287 Å². The van der Waals surface area contributed by atoms with Gasteiger partial charge in [0.15, 0.2) is 18.7 Å². The van der Waals surface area contributed by atoms with Crippen LogP contribution in [0.25, 0.3) is 0 Å². The van der Waals surface area contributed by atoms with E-state index in [4.69, 9.17) is 28.4 Å². The number of aliphatic hydroxyl groups excluding tert-OH is 7. The summed E-state index contributed by atoms with van der Waals surface area (Å²) in [5, 5.41) is 72.1. The normalized spacial score (nSPS) is 25.8. The van der Waals surface area contributed by atoms with Crippen molar-refractivity contribution < 1.29 is 73.8 Å². The molecule has 400 valence electrons. The van der Waals surface area contributed by atoms with Gasteiger partial charge in [-0.3, -0.25) is 9.59 Å². The molecule has 15 heteroatoms. The third kappa shape index (κ3) is 28.3. The molecule has 0 aromatic rings. The zero-order valence-electron chi connectivity index (χ0n) is 42.4. The summed E-state index contributed by atoms with van der Waals surface area (Å²) < 4.78 is 33.6. The van der Waals surface area contributed by atoms with Crippen molar-refractivity contribution in [1.29, 1.82) is 0 Å². The van der Waals surface area contributed by atoms with Crippen LogP contribution in [0.4, 0.5) is 0 Å². The van der Waals surface area contributed by atoms with E-state index in [0.29, 0.717) is 12.8 Å². The minimum absolute atomic E-state index is 0.160. The summed E-state index contributed by atoms with van der Waals surface area (Å²) in [7, 11) is 0. The van der Waals surface area contributed by atoms with Crippen molar-refractivity contribution >= 4 is 11.9 Å². The third-order valence-corrected chi connectivity index (χ3v) is 13.2. The zero-order valence-corrected chi connectivity index (χ0v) is 42.4. The third-order valence-electron chi connectivity index (χ3n) is 13.2. The summed E-state index contributed by atoms with van der Waals surface area (Å²) in [6.07, 6.45) is 23.7. The second-order valence-corrected chi connectivity index (χ2v) is 19.4. The Kier molecular flexibility index (Phi) is 37.4. The van der Waals surface area contributed by atoms with Gasteiger partial charge in [0.25, 0.3) is 0 Å². The minimum Gasteiger partial charge on any atom is -0.462 e. The van der Waals surface area contributed by atoms with Crippen molar-refractivity contribution in [1.82, 2.24) is 0 Å². The molecule has 11 unspecified atom stereocenters. The van der Waals surface area contributed by atoms with Gasteiger partial charge < -0.3 is 64.2 Å². The lowest BCUT2D eigenvalue weighted by atomic mass is 9.98. The fraction of sp³-hybridized carbons (Fsp3) is 0.925. The SMILES string of the molecule is CCCCCCCCC/C=C\CCCCCCCC(=O)OC(COC(=O)CCCCCCCCCCCCCCCCCC)COC1OC(COC2OC(CO)C(O)C(O)C2O)C(O)C(O)C1O. The molecule has 0 amide bonds. The predicted octanol–water partition coefficient (Wildman–Crippen LogP) is 8.16. The van der Waals surface area contributed by atoms with E-state index in [1.165, 1.54) is 122 Å². The van der Waals surface area contributed by atoms with E-state index in [9.17, 15) is 45.3 Å². The highest BCUT2D eigenvalue weighted by Gasteiger charge is 2.47. The molecule has 2 saturated heterocycles. The number of allylic oxidation sites excluding steroid dienone is 2. The van der Waals surface area contributed by atoms with E-state index in [1.54, 1.807) is 0 Å². The van der Waals surface area contributed by atoms with E-state index in [-0.39, 0.29) is 26.1 Å². The van der Waals surface area contributed by atoms with Crippen molar-refractivity contribution in [3.8, 4) is 0 Å². The molecule has 68 heavy (non-hydrogen) atoms. The number of aliphatic hydroxyl groups is 7. The zero-order chi connectivity index (χ0) is 49.6. The molecule has 2 heterocycles. The summed E-state index contributed by atoms with van der Waals surface area (Å²) in [6.45, 7) is 2.61. The van der Waals surface area contributed by atoms with Crippen LogP contribution in [0, 0.1) is 0 Å². The maximum atomic E-state index is 13.0. The Balaban J connectivity index is 1.79. The largest absolute Gasteiger partial charge is 0.462 e. The highest BCUT2D eigenvalue weighted by Crippen LogP contribution is 2.27. The molecule has 15 nitrogen and oxygen atoms in total. The Morgan fingerprint density at radius 2 is 0.838 bits per heavy atom. The first kappa shape index (κ1) is 62.4. The van der Waals surface area contributed by atoms with Crippen molar-refractivity contribution in [2.75, 3.05) is 26.4 Å². The molecule has 0 spiro atoms. The molecule has 7 N–H and O–H groups in total. The van der Waals surface area contributed by atoms with Gasteiger partial charge in [0.1, 0.15) is 55.4 Å². The summed E-state index contributed by atoms with van der Waals surface area (Å²) >= 11 is 0. The number of carbonyl (C=O) groups is 2. The lowest BCUT2D eigenvalue weighted by molar-refractivity contribution is -0.332. The second kappa shape index (κ2) is 40.8.